The Labute approximate surface area is 123 Å². The van der Waals surface area contributed by atoms with E-state index in [0.29, 0.717) is 18.1 Å². The summed E-state index contributed by atoms with van der Waals surface area (Å²) < 4.78 is 3.18. The lowest BCUT2D eigenvalue weighted by atomic mass is 9.97. The van der Waals surface area contributed by atoms with Crippen LogP contribution in [0.15, 0.2) is 16.7 Å². The molecule has 0 aromatic carbocycles. The third-order valence-corrected chi connectivity index (χ3v) is 4.84. The van der Waals surface area contributed by atoms with Gasteiger partial charge in [-0.05, 0) is 67.9 Å². The highest BCUT2D eigenvalue weighted by Gasteiger charge is 2.34. The summed E-state index contributed by atoms with van der Waals surface area (Å²) in [4.78, 5) is 15.0. The van der Waals surface area contributed by atoms with E-state index in [4.69, 9.17) is 0 Å². The fourth-order valence-corrected chi connectivity index (χ4v) is 3.66. The zero-order chi connectivity index (χ0) is 13.6. The lowest BCUT2D eigenvalue weighted by molar-refractivity contribution is 0.0499. The number of amides is 1. The van der Waals surface area contributed by atoms with Crippen molar-refractivity contribution in [3.8, 4) is 0 Å². The summed E-state index contributed by atoms with van der Waals surface area (Å²) in [6.07, 6.45) is 7.95. The second-order valence-electron chi connectivity index (χ2n) is 6.02. The number of piperidine rings is 1. The summed E-state index contributed by atoms with van der Waals surface area (Å²) in [7, 11) is 0. The van der Waals surface area contributed by atoms with E-state index < -0.39 is 0 Å². The first-order valence-corrected chi connectivity index (χ1v) is 8.07. The highest BCUT2D eigenvalue weighted by Crippen LogP contribution is 2.38. The van der Waals surface area contributed by atoms with E-state index in [-0.39, 0.29) is 5.91 Å². The first kappa shape index (κ1) is 13.2. The molecule has 0 spiro atoms. The fraction of sp³-hybridized carbons (Fsp3) is 0.667. The molecular weight excluding hydrogens is 304 g/mol. The van der Waals surface area contributed by atoms with Gasteiger partial charge in [-0.3, -0.25) is 4.79 Å². The molecule has 0 unspecified atom stereocenters. The van der Waals surface area contributed by atoms with Crippen LogP contribution in [0.5, 0.6) is 0 Å². The Balaban J connectivity index is 1.90. The van der Waals surface area contributed by atoms with Crippen LogP contribution < -0.4 is 0 Å². The third-order valence-electron chi connectivity index (χ3n) is 4.40. The van der Waals surface area contributed by atoms with E-state index in [0.717, 1.165) is 23.0 Å². The molecule has 1 saturated carbocycles. The monoisotopic (exact) mass is 324 g/mol. The maximum Gasteiger partial charge on any atom is 0.271 e. The van der Waals surface area contributed by atoms with Crippen molar-refractivity contribution in [2.24, 2.45) is 0 Å². The Kier molecular flexibility index (Phi) is 3.46. The topological polar surface area (TPSA) is 25.2 Å². The van der Waals surface area contributed by atoms with Crippen LogP contribution in [0.2, 0.25) is 0 Å². The fourth-order valence-electron chi connectivity index (χ4n) is 3.23. The highest BCUT2D eigenvalue weighted by atomic mass is 79.9. The molecule has 1 saturated heterocycles. The van der Waals surface area contributed by atoms with E-state index >= 15 is 0 Å². The molecule has 1 aliphatic heterocycles. The molecule has 2 fully saturated rings. The Morgan fingerprint density at radius 3 is 2.42 bits per heavy atom. The Bertz CT molecular complexity index is 482. The van der Waals surface area contributed by atoms with Crippen LogP contribution in [-0.2, 0) is 0 Å². The molecule has 1 amide bonds. The number of carbonyl (C=O) groups is 1. The van der Waals surface area contributed by atoms with Crippen LogP contribution in [-0.4, -0.2) is 27.5 Å². The molecule has 1 aliphatic carbocycles. The maximum absolute atomic E-state index is 12.9. The summed E-state index contributed by atoms with van der Waals surface area (Å²) in [5, 5.41) is 0. The van der Waals surface area contributed by atoms with Gasteiger partial charge in [0, 0.05) is 28.8 Å². The van der Waals surface area contributed by atoms with Crippen molar-refractivity contribution >= 4 is 21.8 Å². The van der Waals surface area contributed by atoms with Gasteiger partial charge >= 0.3 is 0 Å². The Morgan fingerprint density at radius 2 is 1.84 bits per heavy atom. The molecule has 3 nitrogen and oxygen atoms in total. The van der Waals surface area contributed by atoms with Gasteiger partial charge < -0.3 is 9.47 Å². The molecule has 2 atom stereocenters. The molecule has 0 bridgehead atoms. The zero-order valence-corrected chi connectivity index (χ0v) is 13.2. The Hall–Kier alpha value is -0.770. The standard InChI is InChI=1S/C15H21BrN2O/c1-10-4-3-5-11(2)18(10)15(19)14-8-12(16)9-17(14)13-6-7-13/h8-11,13H,3-7H2,1-2H3/t10-,11+. The predicted octanol–water partition coefficient (Wildman–Crippen LogP) is 3.99. The van der Waals surface area contributed by atoms with Gasteiger partial charge in [0.2, 0.25) is 0 Å². The van der Waals surface area contributed by atoms with Crippen LogP contribution in [0.1, 0.15) is 62.5 Å². The Morgan fingerprint density at radius 1 is 1.21 bits per heavy atom. The number of halogens is 1. The van der Waals surface area contributed by atoms with Crippen LogP contribution >= 0.6 is 15.9 Å². The molecule has 2 aliphatic rings. The molecule has 0 radical (unpaired) electrons. The summed E-state index contributed by atoms with van der Waals surface area (Å²) in [6, 6.07) is 3.24. The second-order valence-corrected chi connectivity index (χ2v) is 6.94. The number of rotatable bonds is 2. The number of carbonyl (C=O) groups excluding carboxylic acids is 1. The summed E-state index contributed by atoms with van der Waals surface area (Å²) in [5.41, 5.74) is 0.856. The normalized spacial score (nSPS) is 27.6. The highest BCUT2D eigenvalue weighted by molar-refractivity contribution is 9.10. The van der Waals surface area contributed by atoms with Gasteiger partial charge in [0.05, 0.1) is 0 Å². The first-order chi connectivity index (χ1) is 9.08. The number of hydrogen-bond acceptors (Lipinski definition) is 1. The largest absolute Gasteiger partial charge is 0.339 e. The van der Waals surface area contributed by atoms with Crippen molar-refractivity contribution < 1.29 is 4.79 Å². The molecule has 3 rings (SSSR count). The van der Waals surface area contributed by atoms with Gasteiger partial charge in [-0.1, -0.05) is 0 Å². The quantitative estimate of drug-likeness (QED) is 0.807. The van der Waals surface area contributed by atoms with Gasteiger partial charge in [-0.25, -0.2) is 0 Å². The van der Waals surface area contributed by atoms with Crippen LogP contribution in [0.3, 0.4) is 0 Å². The molecule has 4 heteroatoms. The van der Waals surface area contributed by atoms with Gasteiger partial charge in [-0.2, -0.15) is 0 Å². The van der Waals surface area contributed by atoms with E-state index in [1.165, 1.54) is 19.3 Å². The third kappa shape index (κ3) is 2.47. The minimum Gasteiger partial charge on any atom is -0.339 e. The molecule has 2 heterocycles. The summed E-state index contributed by atoms with van der Waals surface area (Å²) in [5.74, 6) is 0.206. The smallest absolute Gasteiger partial charge is 0.271 e. The van der Waals surface area contributed by atoms with Crippen LogP contribution in [0.25, 0.3) is 0 Å². The van der Waals surface area contributed by atoms with E-state index in [2.05, 4.69) is 45.4 Å². The maximum atomic E-state index is 12.9. The average Bonchev–Trinajstić information content (AvgIpc) is 3.12. The first-order valence-electron chi connectivity index (χ1n) is 7.28. The summed E-state index contributed by atoms with van der Waals surface area (Å²) >= 11 is 3.51. The van der Waals surface area contributed by atoms with E-state index in [1.54, 1.807) is 0 Å². The van der Waals surface area contributed by atoms with Gasteiger partial charge in [-0.15, -0.1) is 0 Å². The van der Waals surface area contributed by atoms with Crippen LogP contribution in [0, 0.1) is 0 Å². The minimum absolute atomic E-state index is 0.206. The average molecular weight is 325 g/mol. The lowest BCUT2D eigenvalue weighted by Gasteiger charge is -2.39. The number of aromatic nitrogens is 1. The molecule has 0 N–H and O–H groups in total. The van der Waals surface area contributed by atoms with Crippen molar-refractivity contribution in [1.82, 2.24) is 9.47 Å². The summed E-state index contributed by atoms with van der Waals surface area (Å²) in [6.45, 7) is 4.35. The van der Waals surface area contributed by atoms with E-state index in [1.807, 2.05) is 6.07 Å². The van der Waals surface area contributed by atoms with Crippen molar-refractivity contribution in [1.29, 1.82) is 0 Å². The van der Waals surface area contributed by atoms with Crippen molar-refractivity contribution in [3.63, 3.8) is 0 Å². The SMILES string of the molecule is C[C@@H]1CCC[C@H](C)N1C(=O)c1cc(Br)cn1C1CC1. The zero-order valence-electron chi connectivity index (χ0n) is 11.6. The van der Waals surface area contributed by atoms with Gasteiger partial charge in [0.25, 0.3) is 5.91 Å². The van der Waals surface area contributed by atoms with Crippen molar-refractivity contribution in [3.05, 3.63) is 22.4 Å². The molecular formula is C15H21BrN2O. The predicted molar refractivity (Wildman–Crippen MR) is 79.3 cm³/mol. The molecule has 1 aromatic heterocycles. The van der Waals surface area contributed by atoms with Crippen molar-refractivity contribution in [2.45, 2.75) is 64.1 Å². The molecule has 104 valence electrons. The van der Waals surface area contributed by atoms with E-state index in [9.17, 15) is 4.79 Å². The minimum atomic E-state index is 0.206. The van der Waals surface area contributed by atoms with Crippen LogP contribution in [0.4, 0.5) is 0 Å². The number of likely N-dealkylation sites (tertiary alicyclic amines) is 1. The van der Waals surface area contributed by atoms with Gasteiger partial charge in [0.1, 0.15) is 5.69 Å². The van der Waals surface area contributed by atoms with Crippen molar-refractivity contribution in [2.75, 3.05) is 0 Å². The molecule has 1 aromatic rings. The lowest BCUT2D eigenvalue weighted by Crippen LogP contribution is -2.48. The number of hydrogen-bond donors (Lipinski definition) is 0. The second kappa shape index (κ2) is 4.97. The van der Waals surface area contributed by atoms with Gasteiger partial charge in [0.15, 0.2) is 0 Å². The molecule has 19 heavy (non-hydrogen) atoms. The number of nitrogens with zero attached hydrogens (tertiary/aromatic N) is 2.